The Morgan fingerprint density at radius 3 is 2.63 bits per heavy atom. The third-order valence-corrected chi connectivity index (χ3v) is 4.82. The zero-order valence-corrected chi connectivity index (χ0v) is 16.7. The van der Waals surface area contributed by atoms with Crippen molar-refractivity contribution < 1.29 is 14.6 Å². The van der Waals surface area contributed by atoms with Gasteiger partial charge in [-0.2, -0.15) is 4.80 Å². The lowest BCUT2D eigenvalue weighted by atomic mass is 9.98. The van der Waals surface area contributed by atoms with E-state index in [2.05, 4.69) is 41.2 Å². The summed E-state index contributed by atoms with van der Waals surface area (Å²) in [7, 11) is 1.69. The number of hydrogen-bond acceptors (Lipinski definition) is 7. The zero-order chi connectivity index (χ0) is 19.8. The summed E-state index contributed by atoms with van der Waals surface area (Å²) in [6.07, 6.45) is 0. The van der Waals surface area contributed by atoms with Gasteiger partial charge in [-0.1, -0.05) is 20.8 Å². The number of benzene rings is 1. The van der Waals surface area contributed by atoms with Crippen LogP contribution in [0.15, 0.2) is 18.2 Å². The van der Waals surface area contributed by atoms with Gasteiger partial charge in [-0.25, -0.2) is 9.78 Å². The fraction of sp³-hybridized carbons (Fsp3) is 0.389. The first kappa shape index (κ1) is 19.0. The Labute approximate surface area is 160 Å². The van der Waals surface area contributed by atoms with Crippen molar-refractivity contribution >= 4 is 17.3 Å². The summed E-state index contributed by atoms with van der Waals surface area (Å²) in [5.41, 5.74) is 1.96. The van der Waals surface area contributed by atoms with Crippen molar-refractivity contribution in [1.29, 1.82) is 0 Å². The number of ether oxygens (including phenoxy) is 1. The van der Waals surface area contributed by atoms with E-state index in [1.54, 1.807) is 14.0 Å². The number of rotatable bonds is 5. The molecule has 142 valence electrons. The van der Waals surface area contributed by atoms with E-state index in [0.29, 0.717) is 34.4 Å². The highest BCUT2D eigenvalue weighted by Gasteiger charge is 2.19. The largest absolute Gasteiger partial charge is 0.492 e. The van der Waals surface area contributed by atoms with Gasteiger partial charge in [0, 0.05) is 5.56 Å². The van der Waals surface area contributed by atoms with E-state index in [1.807, 2.05) is 18.2 Å². The minimum absolute atomic E-state index is 0.00541. The van der Waals surface area contributed by atoms with Crippen LogP contribution in [0.5, 0.6) is 5.75 Å². The maximum absolute atomic E-state index is 11.3. The molecular formula is C18H21N5O3S. The summed E-state index contributed by atoms with van der Waals surface area (Å²) in [6.45, 7) is 8.49. The molecule has 9 heteroatoms. The number of hydrogen-bond donors (Lipinski definition) is 1. The van der Waals surface area contributed by atoms with Crippen LogP contribution in [-0.2, 0) is 7.05 Å². The van der Waals surface area contributed by atoms with Crippen molar-refractivity contribution in [2.75, 3.05) is 6.61 Å². The van der Waals surface area contributed by atoms with Crippen LogP contribution in [0.1, 0.15) is 36.1 Å². The molecule has 0 unspecified atom stereocenters. The van der Waals surface area contributed by atoms with Gasteiger partial charge in [0.05, 0.1) is 24.9 Å². The number of tetrazole rings is 1. The van der Waals surface area contributed by atoms with Gasteiger partial charge in [-0.3, -0.25) is 0 Å². The molecule has 0 saturated carbocycles. The zero-order valence-electron chi connectivity index (χ0n) is 15.8. The molecule has 0 aliphatic rings. The highest BCUT2D eigenvalue weighted by molar-refractivity contribution is 7.17. The van der Waals surface area contributed by atoms with Gasteiger partial charge in [0.1, 0.15) is 15.6 Å². The Morgan fingerprint density at radius 2 is 2.07 bits per heavy atom. The van der Waals surface area contributed by atoms with Gasteiger partial charge in [0.2, 0.25) is 5.82 Å². The summed E-state index contributed by atoms with van der Waals surface area (Å²) in [5, 5.41) is 22.2. The molecule has 0 aliphatic heterocycles. The number of aromatic carboxylic acids is 1. The standard InChI is InChI=1S/C18H21N5O3S/c1-10-14(17(24)25)27-16(19-10)11-6-7-13(26-9-18(2,3)4)12(8-11)15-20-22-23(5)21-15/h6-8H,9H2,1-5H3,(H,24,25). The van der Waals surface area contributed by atoms with Crippen LogP contribution in [-0.4, -0.2) is 42.9 Å². The van der Waals surface area contributed by atoms with Gasteiger partial charge in [-0.05, 0) is 35.8 Å². The SMILES string of the molecule is Cc1nc(-c2ccc(OCC(C)(C)C)c(-c3nnn(C)n3)c2)sc1C(=O)O. The van der Waals surface area contributed by atoms with Gasteiger partial charge >= 0.3 is 5.97 Å². The molecule has 0 atom stereocenters. The molecule has 0 aliphatic carbocycles. The van der Waals surface area contributed by atoms with Crippen molar-refractivity contribution in [2.24, 2.45) is 12.5 Å². The lowest BCUT2D eigenvalue weighted by Gasteiger charge is -2.20. The normalized spacial score (nSPS) is 11.6. The molecule has 0 fully saturated rings. The molecule has 2 aromatic heterocycles. The van der Waals surface area contributed by atoms with E-state index in [9.17, 15) is 9.90 Å². The van der Waals surface area contributed by atoms with Crippen LogP contribution < -0.4 is 4.74 Å². The van der Waals surface area contributed by atoms with Crippen molar-refractivity contribution in [3.63, 3.8) is 0 Å². The molecule has 2 heterocycles. The first-order chi connectivity index (χ1) is 12.6. The van der Waals surface area contributed by atoms with Crippen molar-refractivity contribution in [3.8, 4) is 27.7 Å². The van der Waals surface area contributed by atoms with Gasteiger partial charge in [0.25, 0.3) is 0 Å². The Bertz CT molecular complexity index is 987. The lowest BCUT2D eigenvalue weighted by Crippen LogP contribution is -2.17. The number of nitrogens with zero attached hydrogens (tertiary/aromatic N) is 5. The predicted molar refractivity (Wildman–Crippen MR) is 102 cm³/mol. The van der Waals surface area contributed by atoms with Gasteiger partial charge < -0.3 is 9.84 Å². The molecule has 27 heavy (non-hydrogen) atoms. The molecule has 1 N–H and O–H groups in total. The minimum Gasteiger partial charge on any atom is -0.492 e. The first-order valence-corrected chi connectivity index (χ1v) is 9.18. The quantitative estimate of drug-likeness (QED) is 0.715. The summed E-state index contributed by atoms with van der Waals surface area (Å²) in [6, 6.07) is 5.56. The lowest BCUT2D eigenvalue weighted by molar-refractivity contribution is 0.0701. The average Bonchev–Trinajstić information content (AvgIpc) is 3.18. The summed E-state index contributed by atoms with van der Waals surface area (Å²) < 4.78 is 6.00. The molecule has 0 bridgehead atoms. The Morgan fingerprint density at radius 1 is 1.33 bits per heavy atom. The smallest absolute Gasteiger partial charge is 0.347 e. The van der Waals surface area contributed by atoms with E-state index in [-0.39, 0.29) is 10.3 Å². The summed E-state index contributed by atoms with van der Waals surface area (Å²) >= 11 is 1.14. The number of aryl methyl sites for hydroxylation is 2. The number of thiazole rings is 1. The van der Waals surface area contributed by atoms with Crippen molar-refractivity contribution in [2.45, 2.75) is 27.7 Å². The molecule has 3 rings (SSSR count). The maximum Gasteiger partial charge on any atom is 0.347 e. The number of carboxylic acids is 1. The molecule has 3 aromatic rings. The first-order valence-electron chi connectivity index (χ1n) is 8.36. The molecule has 1 aromatic carbocycles. The minimum atomic E-state index is -0.975. The highest BCUT2D eigenvalue weighted by atomic mass is 32.1. The van der Waals surface area contributed by atoms with Crippen LogP contribution in [0.3, 0.4) is 0 Å². The van der Waals surface area contributed by atoms with E-state index >= 15 is 0 Å². The van der Waals surface area contributed by atoms with E-state index < -0.39 is 5.97 Å². The van der Waals surface area contributed by atoms with Gasteiger partial charge in [0.15, 0.2) is 0 Å². The topological polar surface area (TPSA) is 103 Å². The van der Waals surface area contributed by atoms with E-state index in [1.165, 1.54) is 4.80 Å². The van der Waals surface area contributed by atoms with E-state index in [4.69, 9.17) is 4.74 Å². The van der Waals surface area contributed by atoms with Crippen LogP contribution in [0.25, 0.3) is 22.0 Å². The molecule has 0 radical (unpaired) electrons. The van der Waals surface area contributed by atoms with E-state index in [0.717, 1.165) is 16.9 Å². The monoisotopic (exact) mass is 387 g/mol. The third kappa shape index (κ3) is 4.30. The number of carboxylic acid groups (broad SMARTS) is 1. The Kier molecular flexibility index (Phi) is 4.97. The second kappa shape index (κ2) is 7.07. The molecular weight excluding hydrogens is 366 g/mol. The van der Waals surface area contributed by atoms with Crippen LogP contribution in [0.4, 0.5) is 0 Å². The maximum atomic E-state index is 11.3. The predicted octanol–water partition coefficient (Wildman–Crippen LogP) is 3.43. The number of carbonyl (C=O) groups is 1. The Hall–Kier alpha value is -2.81. The molecule has 0 spiro atoms. The molecule has 0 amide bonds. The van der Waals surface area contributed by atoms with Gasteiger partial charge in [-0.15, -0.1) is 21.5 Å². The highest BCUT2D eigenvalue weighted by Crippen LogP contribution is 2.35. The van der Waals surface area contributed by atoms with Crippen LogP contribution in [0, 0.1) is 12.3 Å². The van der Waals surface area contributed by atoms with Crippen LogP contribution >= 0.6 is 11.3 Å². The average molecular weight is 387 g/mol. The Balaban J connectivity index is 2.05. The summed E-state index contributed by atoms with van der Waals surface area (Å²) in [5.74, 6) is 0.112. The summed E-state index contributed by atoms with van der Waals surface area (Å²) in [4.78, 5) is 17.3. The second-order valence-corrected chi connectivity index (χ2v) is 8.40. The van der Waals surface area contributed by atoms with Crippen LogP contribution in [0.2, 0.25) is 0 Å². The number of aromatic nitrogens is 5. The fourth-order valence-corrected chi connectivity index (χ4v) is 3.27. The third-order valence-electron chi connectivity index (χ3n) is 3.63. The second-order valence-electron chi connectivity index (χ2n) is 7.40. The molecule has 8 nitrogen and oxygen atoms in total. The fourth-order valence-electron chi connectivity index (χ4n) is 2.37. The van der Waals surface area contributed by atoms with Crippen molar-refractivity contribution in [3.05, 3.63) is 28.8 Å². The van der Waals surface area contributed by atoms with Crippen molar-refractivity contribution in [1.82, 2.24) is 25.2 Å². The molecule has 0 saturated heterocycles.